The first-order valence-corrected chi connectivity index (χ1v) is 7.47. The number of hydrogen-bond donors (Lipinski definition) is 1. The molecule has 2 rings (SSSR count). The lowest BCUT2D eigenvalue weighted by Gasteiger charge is -2.21. The van der Waals surface area contributed by atoms with E-state index in [1.54, 1.807) is 0 Å². The van der Waals surface area contributed by atoms with E-state index in [0.29, 0.717) is 0 Å². The van der Waals surface area contributed by atoms with Crippen molar-refractivity contribution in [2.24, 2.45) is 0 Å². The molecule has 2 aromatic rings. The summed E-state index contributed by atoms with van der Waals surface area (Å²) in [6.45, 7) is 1.50. The molecule has 7 heteroatoms. The summed E-state index contributed by atoms with van der Waals surface area (Å²) in [5.41, 5.74) is 5.81. The molecular weight excluding hydrogens is 298 g/mol. The maximum atomic E-state index is 13.2. The van der Waals surface area contributed by atoms with Crippen molar-refractivity contribution < 1.29 is 17.2 Å². The Hall–Kier alpha value is -2.15. The SMILES string of the molecule is Cc1cc(F)ccc1S(=O)(=O)N(C)c1ccc(F)c(N)c1. The van der Waals surface area contributed by atoms with Gasteiger partial charge in [-0.3, -0.25) is 4.31 Å². The Bertz CT molecular complexity index is 792. The van der Waals surface area contributed by atoms with E-state index >= 15 is 0 Å². The van der Waals surface area contributed by atoms with Crippen LogP contribution in [-0.2, 0) is 10.0 Å². The summed E-state index contributed by atoms with van der Waals surface area (Å²) in [4.78, 5) is -0.0192. The normalized spacial score (nSPS) is 11.4. The summed E-state index contributed by atoms with van der Waals surface area (Å²) in [5, 5.41) is 0. The Morgan fingerprint density at radius 1 is 1.10 bits per heavy atom. The molecule has 0 unspecified atom stereocenters. The number of nitrogens with zero attached hydrogens (tertiary/aromatic N) is 1. The van der Waals surface area contributed by atoms with Gasteiger partial charge in [0.25, 0.3) is 10.0 Å². The molecule has 0 fully saturated rings. The van der Waals surface area contributed by atoms with Gasteiger partial charge in [0.1, 0.15) is 11.6 Å². The van der Waals surface area contributed by atoms with E-state index in [0.717, 1.165) is 22.5 Å². The van der Waals surface area contributed by atoms with Gasteiger partial charge >= 0.3 is 0 Å². The van der Waals surface area contributed by atoms with Gasteiger partial charge in [-0.15, -0.1) is 0 Å². The van der Waals surface area contributed by atoms with Crippen molar-refractivity contribution in [2.75, 3.05) is 17.1 Å². The third-order valence-corrected chi connectivity index (χ3v) is 5.06. The molecular formula is C14H14F2N2O2S. The second-order valence-electron chi connectivity index (χ2n) is 4.59. The van der Waals surface area contributed by atoms with Crippen molar-refractivity contribution in [3.05, 3.63) is 53.6 Å². The third kappa shape index (κ3) is 2.82. The van der Waals surface area contributed by atoms with Crippen LogP contribution in [0.25, 0.3) is 0 Å². The van der Waals surface area contributed by atoms with E-state index in [1.807, 2.05) is 0 Å². The standard InChI is InChI=1S/C14H14F2N2O2S/c1-9-7-10(15)3-6-14(9)21(19,20)18(2)11-4-5-12(16)13(17)8-11/h3-8H,17H2,1-2H3. The fourth-order valence-corrected chi connectivity index (χ4v) is 3.31. The zero-order valence-corrected chi connectivity index (χ0v) is 12.3. The van der Waals surface area contributed by atoms with Gasteiger partial charge in [0, 0.05) is 7.05 Å². The first-order chi connectivity index (χ1) is 9.73. The fraction of sp³-hybridized carbons (Fsp3) is 0.143. The Balaban J connectivity index is 2.49. The molecule has 0 amide bonds. The number of sulfonamides is 1. The lowest BCUT2D eigenvalue weighted by Crippen LogP contribution is -2.27. The van der Waals surface area contributed by atoms with Gasteiger partial charge in [-0.25, -0.2) is 17.2 Å². The average Bonchev–Trinajstić information content (AvgIpc) is 2.40. The molecule has 0 radical (unpaired) electrons. The molecule has 0 aliphatic rings. The molecule has 0 aromatic heterocycles. The largest absolute Gasteiger partial charge is 0.396 e. The van der Waals surface area contributed by atoms with Crippen molar-refractivity contribution >= 4 is 21.4 Å². The summed E-state index contributed by atoms with van der Waals surface area (Å²) in [7, 11) is -2.56. The molecule has 0 spiro atoms. The highest BCUT2D eigenvalue weighted by molar-refractivity contribution is 7.92. The lowest BCUT2D eigenvalue weighted by molar-refractivity contribution is 0.592. The molecule has 112 valence electrons. The van der Waals surface area contributed by atoms with Gasteiger partial charge < -0.3 is 5.73 Å². The van der Waals surface area contributed by atoms with E-state index in [1.165, 1.54) is 32.2 Å². The highest BCUT2D eigenvalue weighted by Crippen LogP contribution is 2.26. The molecule has 0 aliphatic heterocycles. The average molecular weight is 312 g/mol. The third-order valence-electron chi connectivity index (χ3n) is 3.12. The molecule has 0 saturated carbocycles. The lowest BCUT2D eigenvalue weighted by atomic mass is 10.2. The number of hydrogen-bond acceptors (Lipinski definition) is 3. The van der Waals surface area contributed by atoms with Crippen molar-refractivity contribution in [1.82, 2.24) is 0 Å². The number of halogens is 2. The molecule has 0 saturated heterocycles. The molecule has 0 atom stereocenters. The number of anilines is 2. The van der Waals surface area contributed by atoms with Crippen LogP contribution >= 0.6 is 0 Å². The second-order valence-corrected chi connectivity index (χ2v) is 6.53. The maximum absolute atomic E-state index is 13.2. The summed E-state index contributed by atoms with van der Waals surface area (Å²) < 4.78 is 52.3. The number of rotatable bonds is 3. The molecule has 2 aromatic carbocycles. The van der Waals surface area contributed by atoms with Crippen molar-refractivity contribution in [3.8, 4) is 0 Å². The van der Waals surface area contributed by atoms with E-state index in [4.69, 9.17) is 5.73 Å². The molecule has 21 heavy (non-hydrogen) atoms. The monoisotopic (exact) mass is 312 g/mol. The van der Waals surface area contributed by atoms with Crippen LogP contribution in [0.4, 0.5) is 20.2 Å². The number of nitrogens with two attached hydrogens (primary N) is 1. The van der Waals surface area contributed by atoms with Crippen LogP contribution in [-0.4, -0.2) is 15.5 Å². The van der Waals surface area contributed by atoms with Gasteiger partial charge in [-0.2, -0.15) is 0 Å². The summed E-state index contributed by atoms with van der Waals surface area (Å²) >= 11 is 0. The first-order valence-electron chi connectivity index (χ1n) is 6.03. The Kier molecular flexibility index (Phi) is 3.87. The number of aryl methyl sites for hydroxylation is 1. The minimum absolute atomic E-state index is 0.0192. The number of nitrogen functional groups attached to an aromatic ring is 1. The highest BCUT2D eigenvalue weighted by atomic mass is 32.2. The van der Waals surface area contributed by atoms with Gasteiger partial charge in [0.2, 0.25) is 0 Å². The topological polar surface area (TPSA) is 63.4 Å². The predicted molar refractivity (Wildman–Crippen MR) is 77.5 cm³/mol. The summed E-state index contributed by atoms with van der Waals surface area (Å²) in [5.74, 6) is -1.14. The van der Waals surface area contributed by atoms with E-state index in [-0.39, 0.29) is 21.8 Å². The Morgan fingerprint density at radius 3 is 2.33 bits per heavy atom. The van der Waals surface area contributed by atoms with Crippen LogP contribution in [0, 0.1) is 18.6 Å². The fourth-order valence-electron chi connectivity index (χ4n) is 1.92. The minimum Gasteiger partial charge on any atom is -0.396 e. The second kappa shape index (κ2) is 5.33. The van der Waals surface area contributed by atoms with Gasteiger partial charge in [0.15, 0.2) is 0 Å². The van der Waals surface area contributed by atoms with Crippen molar-refractivity contribution in [3.63, 3.8) is 0 Å². The van der Waals surface area contributed by atoms with Crippen molar-refractivity contribution in [2.45, 2.75) is 11.8 Å². The van der Waals surface area contributed by atoms with Crippen LogP contribution in [0.5, 0.6) is 0 Å². The zero-order chi connectivity index (χ0) is 15.8. The van der Waals surface area contributed by atoms with Crippen LogP contribution in [0.2, 0.25) is 0 Å². The van der Waals surface area contributed by atoms with Gasteiger partial charge in [-0.1, -0.05) is 0 Å². The highest BCUT2D eigenvalue weighted by Gasteiger charge is 2.23. The molecule has 4 nitrogen and oxygen atoms in total. The van der Waals surface area contributed by atoms with Crippen molar-refractivity contribution in [1.29, 1.82) is 0 Å². The predicted octanol–water partition coefficient (Wildman–Crippen LogP) is 2.68. The van der Waals surface area contributed by atoms with E-state index < -0.39 is 21.7 Å². The quantitative estimate of drug-likeness (QED) is 0.886. The van der Waals surface area contributed by atoms with Crippen LogP contribution in [0.15, 0.2) is 41.3 Å². The Labute approximate surface area is 121 Å². The first kappa shape index (κ1) is 15.2. The molecule has 2 N–H and O–H groups in total. The summed E-state index contributed by atoms with van der Waals surface area (Å²) in [6.07, 6.45) is 0. The van der Waals surface area contributed by atoms with Crippen LogP contribution < -0.4 is 10.0 Å². The molecule has 0 aliphatic carbocycles. The van der Waals surface area contributed by atoms with Gasteiger partial charge in [0.05, 0.1) is 16.3 Å². The molecule has 0 bridgehead atoms. The number of benzene rings is 2. The summed E-state index contributed by atoms with van der Waals surface area (Å²) in [6, 6.07) is 7.04. The van der Waals surface area contributed by atoms with Gasteiger partial charge in [-0.05, 0) is 48.9 Å². The smallest absolute Gasteiger partial charge is 0.264 e. The zero-order valence-electron chi connectivity index (χ0n) is 11.5. The minimum atomic E-state index is -3.88. The Morgan fingerprint density at radius 2 is 1.76 bits per heavy atom. The van der Waals surface area contributed by atoms with Crippen LogP contribution in [0.1, 0.15) is 5.56 Å². The van der Waals surface area contributed by atoms with E-state index in [9.17, 15) is 17.2 Å². The molecule has 0 heterocycles. The maximum Gasteiger partial charge on any atom is 0.264 e. The van der Waals surface area contributed by atoms with Crippen LogP contribution in [0.3, 0.4) is 0 Å². The van der Waals surface area contributed by atoms with E-state index in [2.05, 4.69) is 0 Å².